The summed E-state index contributed by atoms with van der Waals surface area (Å²) in [5.74, 6) is -0.0303. The van der Waals surface area contributed by atoms with E-state index < -0.39 is 10.0 Å². The van der Waals surface area contributed by atoms with E-state index in [0.717, 1.165) is 11.1 Å². The highest BCUT2D eigenvalue weighted by molar-refractivity contribution is 7.92. The predicted octanol–water partition coefficient (Wildman–Crippen LogP) is 3.07. The first kappa shape index (κ1) is 15.6. The molecule has 2 aromatic rings. The molecule has 0 atom stereocenters. The lowest BCUT2D eigenvalue weighted by molar-refractivity contribution is -0.116. The minimum absolute atomic E-state index is 0.0303. The van der Waals surface area contributed by atoms with Crippen molar-refractivity contribution in [3.05, 3.63) is 53.6 Å². The Morgan fingerprint density at radius 3 is 2.70 bits per heavy atom. The zero-order valence-electron chi connectivity index (χ0n) is 12.8. The van der Waals surface area contributed by atoms with E-state index in [-0.39, 0.29) is 10.8 Å². The van der Waals surface area contributed by atoms with Gasteiger partial charge in [-0.25, -0.2) is 8.42 Å². The van der Waals surface area contributed by atoms with Gasteiger partial charge in [-0.3, -0.25) is 9.52 Å². The number of aryl methyl sites for hydroxylation is 2. The SMILES string of the molecule is Cc1cccc(NS(=O)(=O)c2ccc3c(c2)CCCC(=O)N3)c1. The van der Waals surface area contributed by atoms with E-state index in [1.165, 1.54) is 6.07 Å². The number of amides is 1. The van der Waals surface area contributed by atoms with Crippen molar-refractivity contribution < 1.29 is 13.2 Å². The van der Waals surface area contributed by atoms with Crippen molar-refractivity contribution in [1.82, 2.24) is 0 Å². The average Bonchev–Trinajstić information content (AvgIpc) is 2.66. The van der Waals surface area contributed by atoms with E-state index in [1.807, 2.05) is 13.0 Å². The van der Waals surface area contributed by atoms with Gasteiger partial charge in [0.2, 0.25) is 5.91 Å². The van der Waals surface area contributed by atoms with E-state index in [4.69, 9.17) is 0 Å². The molecule has 0 aromatic heterocycles. The van der Waals surface area contributed by atoms with Crippen LogP contribution in [0.15, 0.2) is 47.4 Å². The molecule has 0 bridgehead atoms. The van der Waals surface area contributed by atoms with Crippen LogP contribution in [0.2, 0.25) is 0 Å². The van der Waals surface area contributed by atoms with Gasteiger partial charge in [-0.05, 0) is 61.2 Å². The minimum atomic E-state index is -3.65. The largest absolute Gasteiger partial charge is 0.326 e. The van der Waals surface area contributed by atoms with Gasteiger partial charge in [0.15, 0.2) is 0 Å². The molecule has 6 heteroatoms. The Hall–Kier alpha value is -2.34. The molecule has 0 saturated heterocycles. The van der Waals surface area contributed by atoms with Crippen molar-refractivity contribution in [2.45, 2.75) is 31.1 Å². The quantitative estimate of drug-likeness (QED) is 0.908. The lowest BCUT2D eigenvalue weighted by Gasteiger charge is -2.12. The van der Waals surface area contributed by atoms with Gasteiger partial charge in [0.05, 0.1) is 4.90 Å². The topological polar surface area (TPSA) is 75.3 Å². The summed E-state index contributed by atoms with van der Waals surface area (Å²) in [6.07, 6.45) is 1.85. The third-order valence-electron chi connectivity index (χ3n) is 3.78. The molecule has 23 heavy (non-hydrogen) atoms. The van der Waals surface area contributed by atoms with Crippen LogP contribution in [0.3, 0.4) is 0 Å². The third kappa shape index (κ3) is 3.53. The first-order valence-electron chi connectivity index (χ1n) is 7.46. The van der Waals surface area contributed by atoms with Crippen LogP contribution in [0.5, 0.6) is 0 Å². The van der Waals surface area contributed by atoms with Crippen LogP contribution >= 0.6 is 0 Å². The molecule has 2 aromatic carbocycles. The standard InChI is InChI=1S/C17H18N2O3S/c1-12-4-2-6-14(10-12)19-23(21,22)15-8-9-16-13(11-15)5-3-7-17(20)18-16/h2,4,6,8-11,19H,3,5,7H2,1H3,(H,18,20). The van der Waals surface area contributed by atoms with Crippen LogP contribution in [0.4, 0.5) is 11.4 Å². The second kappa shape index (κ2) is 6.04. The van der Waals surface area contributed by atoms with Gasteiger partial charge in [-0.15, -0.1) is 0 Å². The smallest absolute Gasteiger partial charge is 0.261 e. The van der Waals surface area contributed by atoms with Crippen LogP contribution in [0, 0.1) is 6.92 Å². The zero-order valence-corrected chi connectivity index (χ0v) is 13.6. The lowest BCUT2D eigenvalue weighted by atomic mass is 10.1. The molecule has 0 aliphatic carbocycles. The number of nitrogens with one attached hydrogen (secondary N) is 2. The van der Waals surface area contributed by atoms with Gasteiger partial charge in [0.1, 0.15) is 0 Å². The number of carbonyl (C=O) groups excluding carboxylic acids is 1. The second-order valence-electron chi connectivity index (χ2n) is 5.70. The van der Waals surface area contributed by atoms with Crippen LogP contribution in [0.25, 0.3) is 0 Å². The maximum Gasteiger partial charge on any atom is 0.261 e. The normalized spacial score (nSPS) is 14.6. The summed E-state index contributed by atoms with van der Waals surface area (Å²) in [6, 6.07) is 12.0. The van der Waals surface area contributed by atoms with Gasteiger partial charge < -0.3 is 5.32 Å². The van der Waals surface area contributed by atoms with Gasteiger partial charge in [0, 0.05) is 17.8 Å². The van der Waals surface area contributed by atoms with Gasteiger partial charge in [-0.1, -0.05) is 12.1 Å². The van der Waals surface area contributed by atoms with Crippen LogP contribution < -0.4 is 10.0 Å². The maximum atomic E-state index is 12.6. The molecule has 1 amide bonds. The molecule has 1 aliphatic rings. The monoisotopic (exact) mass is 330 g/mol. The molecule has 5 nitrogen and oxygen atoms in total. The zero-order chi connectivity index (χ0) is 16.4. The summed E-state index contributed by atoms with van der Waals surface area (Å²) in [5, 5.41) is 2.80. The summed E-state index contributed by atoms with van der Waals surface area (Å²) >= 11 is 0. The van der Waals surface area contributed by atoms with Crippen LogP contribution in [-0.4, -0.2) is 14.3 Å². The van der Waals surface area contributed by atoms with Gasteiger partial charge >= 0.3 is 0 Å². The number of rotatable bonds is 3. The Morgan fingerprint density at radius 2 is 1.91 bits per heavy atom. The van der Waals surface area contributed by atoms with Crippen molar-refractivity contribution in [1.29, 1.82) is 0 Å². The average molecular weight is 330 g/mol. The Morgan fingerprint density at radius 1 is 1.09 bits per heavy atom. The number of sulfonamides is 1. The molecule has 0 fully saturated rings. The molecule has 0 saturated carbocycles. The Labute approximate surface area is 135 Å². The summed E-state index contributed by atoms with van der Waals surface area (Å²) in [5.41, 5.74) is 3.06. The molecule has 1 aliphatic heterocycles. The molecular weight excluding hydrogens is 312 g/mol. The number of anilines is 2. The van der Waals surface area contributed by atoms with Gasteiger partial charge in [0.25, 0.3) is 10.0 Å². The highest BCUT2D eigenvalue weighted by Gasteiger charge is 2.19. The van der Waals surface area contributed by atoms with E-state index in [1.54, 1.807) is 30.3 Å². The summed E-state index contributed by atoms with van der Waals surface area (Å²) in [4.78, 5) is 11.8. The first-order valence-corrected chi connectivity index (χ1v) is 8.95. The molecule has 2 N–H and O–H groups in total. The molecule has 0 radical (unpaired) electrons. The van der Waals surface area contributed by atoms with Crippen molar-refractivity contribution in [3.63, 3.8) is 0 Å². The fourth-order valence-corrected chi connectivity index (χ4v) is 3.74. The first-order chi connectivity index (χ1) is 10.9. The van der Waals surface area contributed by atoms with E-state index in [0.29, 0.717) is 30.6 Å². The summed E-state index contributed by atoms with van der Waals surface area (Å²) in [6.45, 7) is 1.91. The fourth-order valence-electron chi connectivity index (χ4n) is 2.64. The molecule has 0 unspecified atom stereocenters. The molecular formula is C17H18N2O3S. The van der Waals surface area contributed by atoms with E-state index in [2.05, 4.69) is 10.0 Å². The van der Waals surface area contributed by atoms with Gasteiger partial charge in [-0.2, -0.15) is 0 Å². The van der Waals surface area contributed by atoms with Crippen molar-refractivity contribution in [2.24, 2.45) is 0 Å². The molecule has 1 heterocycles. The Kier molecular flexibility index (Phi) is 4.09. The third-order valence-corrected chi connectivity index (χ3v) is 5.16. The molecule has 0 spiro atoms. The highest BCUT2D eigenvalue weighted by atomic mass is 32.2. The molecule has 120 valence electrons. The summed E-state index contributed by atoms with van der Waals surface area (Å²) in [7, 11) is -3.65. The predicted molar refractivity (Wildman–Crippen MR) is 90.0 cm³/mol. The summed E-state index contributed by atoms with van der Waals surface area (Å²) < 4.78 is 27.7. The molecule has 3 rings (SSSR count). The van der Waals surface area contributed by atoms with Crippen molar-refractivity contribution in [2.75, 3.05) is 10.0 Å². The van der Waals surface area contributed by atoms with Crippen molar-refractivity contribution >= 4 is 27.3 Å². The number of hydrogen-bond acceptors (Lipinski definition) is 3. The maximum absolute atomic E-state index is 12.6. The van der Waals surface area contributed by atoms with Crippen LogP contribution in [-0.2, 0) is 21.2 Å². The second-order valence-corrected chi connectivity index (χ2v) is 7.38. The Balaban J connectivity index is 1.91. The fraction of sp³-hybridized carbons (Fsp3) is 0.235. The van der Waals surface area contributed by atoms with Crippen LogP contribution in [0.1, 0.15) is 24.0 Å². The Bertz CT molecular complexity index is 860. The number of hydrogen-bond donors (Lipinski definition) is 2. The number of carbonyl (C=O) groups is 1. The number of benzene rings is 2. The minimum Gasteiger partial charge on any atom is -0.326 e. The van der Waals surface area contributed by atoms with Crippen molar-refractivity contribution in [3.8, 4) is 0 Å². The van der Waals surface area contributed by atoms with E-state index >= 15 is 0 Å². The lowest BCUT2D eigenvalue weighted by Crippen LogP contribution is -2.14. The highest BCUT2D eigenvalue weighted by Crippen LogP contribution is 2.26. The number of fused-ring (bicyclic) bond motifs is 1. The van der Waals surface area contributed by atoms with E-state index in [9.17, 15) is 13.2 Å².